The number of carbonyl (C=O) groups excluding carboxylic acids is 1. The monoisotopic (exact) mass is 501 g/mol. The van der Waals surface area contributed by atoms with Crippen LogP contribution in [0.5, 0.6) is 11.5 Å². The van der Waals surface area contributed by atoms with E-state index in [4.69, 9.17) is 9.47 Å². The van der Waals surface area contributed by atoms with Crippen LogP contribution in [0, 0.1) is 5.82 Å². The molecule has 5 aromatic rings. The third-order valence-corrected chi connectivity index (χ3v) is 6.07. The van der Waals surface area contributed by atoms with E-state index in [0.717, 1.165) is 5.56 Å². The van der Waals surface area contributed by atoms with E-state index in [1.165, 1.54) is 23.8 Å². The molecule has 3 aromatic carbocycles. The normalized spacial score (nSPS) is 11.1. The van der Waals surface area contributed by atoms with Crippen LogP contribution in [0.3, 0.4) is 0 Å². The van der Waals surface area contributed by atoms with Crippen LogP contribution in [0.4, 0.5) is 10.1 Å². The topological polar surface area (TPSA) is 99.7 Å². The van der Waals surface area contributed by atoms with Crippen LogP contribution >= 0.6 is 0 Å². The largest absolute Gasteiger partial charge is 0.493 e. The Bertz CT molecular complexity index is 1660. The number of halogens is 1. The number of hydrogen-bond acceptors (Lipinski definition) is 6. The number of anilines is 1. The first-order chi connectivity index (χ1) is 18.0. The average Bonchev–Trinajstić information content (AvgIpc) is 3.35. The molecule has 0 saturated carbocycles. The fourth-order valence-corrected chi connectivity index (χ4v) is 4.25. The number of nitrogens with zero attached hydrogens (tertiary/aromatic N) is 4. The maximum atomic E-state index is 13.4. The summed E-state index contributed by atoms with van der Waals surface area (Å²) < 4.78 is 27.2. The molecule has 0 fully saturated rings. The third-order valence-electron chi connectivity index (χ3n) is 6.07. The van der Waals surface area contributed by atoms with Crippen LogP contribution in [0.2, 0.25) is 0 Å². The summed E-state index contributed by atoms with van der Waals surface area (Å²) in [5.41, 5.74) is 1.75. The van der Waals surface area contributed by atoms with E-state index in [9.17, 15) is 14.0 Å². The zero-order valence-corrected chi connectivity index (χ0v) is 20.3. The number of ether oxygens (including phenoxy) is 2. The molecular weight excluding hydrogens is 477 g/mol. The van der Waals surface area contributed by atoms with Crippen molar-refractivity contribution < 1.29 is 18.7 Å². The fraction of sp³-hybridized carbons (Fsp3) is 0.185. The van der Waals surface area contributed by atoms with Gasteiger partial charge in [0.15, 0.2) is 11.5 Å². The van der Waals surface area contributed by atoms with Gasteiger partial charge < -0.3 is 14.8 Å². The zero-order chi connectivity index (χ0) is 25.9. The Morgan fingerprint density at radius 2 is 1.73 bits per heavy atom. The molecule has 0 atom stereocenters. The highest BCUT2D eigenvalue weighted by molar-refractivity contribution is 5.91. The highest BCUT2D eigenvalue weighted by Crippen LogP contribution is 2.29. The molecule has 0 aliphatic carbocycles. The summed E-state index contributed by atoms with van der Waals surface area (Å²) in [5, 5.41) is 11.9. The van der Waals surface area contributed by atoms with E-state index < -0.39 is 0 Å². The van der Waals surface area contributed by atoms with Gasteiger partial charge in [0.2, 0.25) is 11.7 Å². The van der Waals surface area contributed by atoms with Crippen molar-refractivity contribution in [2.75, 3.05) is 19.5 Å². The molecule has 2 heterocycles. The first kappa shape index (κ1) is 24.0. The number of aryl methyl sites for hydroxylation is 1. The quantitative estimate of drug-likeness (QED) is 0.347. The summed E-state index contributed by atoms with van der Waals surface area (Å²) in [7, 11) is 3.07. The summed E-state index contributed by atoms with van der Waals surface area (Å²) in [5.74, 6) is 1.40. The number of fused-ring (bicyclic) bond motifs is 3. The molecule has 0 aliphatic rings. The molecule has 0 saturated heterocycles. The Morgan fingerprint density at radius 1 is 0.973 bits per heavy atom. The molecule has 188 valence electrons. The Balaban J connectivity index is 1.44. The molecule has 0 aliphatic heterocycles. The third kappa shape index (κ3) is 4.73. The molecule has 1 amide bonds. The summed E-state index contributed by atoms with van der Waals surface area (Å²) in [6.45, 7) is 0.200. The highest BCUT2D eigenvalue weighted by atomic mass is 19.1. The summed E-state index contributed by atoms with van der Waals surface area (Å²) in [6, 6.07) is 18.3. The van der Waals surface area contributed by atoms with Crippen molar-refractivity contribution >= 4 is 28.3 Å². The lowest BCUT2D eigenvalue weighted by molar-refractivity contribution is -0.116. The predicted molar refractivity (Wildman–Crippen MR) is 137 cm³/mol. The van der Waals surface area contributed by atoms with Gasteiger partial charge in [0.05, 0.1) is 31.7 Å². The van der Waals surface area contributed by atoms with Crippen molar-refractivity contribution in [3.63, 3.8) is 0 Å². The molecule has 0 radical (unpaired) electrons. The maximum Gasteiger partial charge on any atom is 0.263 e. The lowest BCUT2D eigenvalue weighted by atomic mass is 10.2. The van der Waals surface area contributed by atoms with Gasteiger partial charge in [-0.25, -0.2) is 4.39 Å². The number of aromatic nitrogens is 4. The van der Waals surface area contributed by atoms with Gasteiger partial charge in [-0.3, -0.25) is 18.6 Å². The molecule has 0 spiro atoms. The minimum absolute atomic E-state index is 0.139. The van der Waals surface area contributed by atoms with E-state index >= 15 is 0 Å². The smallest absolute Gasteiger partial charge is 0.263 e. The second-order valence-electron chi connectivity index (χ2n) is 8.40. The van der Waals surface area contributed by atoms with E-state index in [1.807, 2.05) is 12.1 Å². The van der Waals surface area contributed by atoms with Gasteiger partial charge >= 0.3 is 0 Å². The highest BCUT2D eigenvalue weighted by Gasteiger charge is 2.18. The molecule has 1 N–H and O–H groups in total. The molecule has 0 bridgehead atoms. The van der Waals surface area contributed by atoms with E-state index in [0.29, 0.717) is 46.1 Å². The first-order valence-corrected chi connectivity index (χ1v) is 11.6. The summed E-state index contributed by atoms with van der Waals surface area (Å²) in [6.07, 6.45) is 0.430. The van der Waals surface area contributed by atoms with Crippen molar-refractivity contribution in [1.82, 2.24) is 19.2 Å². The van der Waals surface area contributed by atoms with Crippen LogP contribution in [0.15, 0.2) is 71.5 Å². The number of methoxy groups -OCH3 is 2. The number of benzene rings is 3. The number of rotatable bonds is 8. The van der Waals surface area contributed by atoms with Gasteiger partial charge in [-0.1, -0.05) is 24.3 Å². The Hall–Kier alpha value is -4.73. The molecular formula is C27H24FN5O4. The molecule has 9 nitrogen and oxygen atoms in total. The molecule has 2 aromatic heterocycles. The van der Waals surface area contributed by atoms with Gasteiger partial charge in [0.25, 0.3) is 5.56 Å². The van der Waals surface area contributed by atoms with Crippen LogP contribution in [-0.2, 0) is 17.8 Å². The number of amides is 1. The zero-order valence-electron chi connectivity index (χ0n) is 20.3. The van der Waals surface area contributed by atoms with Crippen molar-refractivity contribution in [3.8, 4) is 11.5 Å². The van der Waals surface area contributed by atoms with Crippen molar-refractivity contribution in [1.29, 1.82) is 0 Å². The van der Waals surface area contributed by atoms with Gasteiger partial charge in [0, 0.05) is 24.6 Å². The Labute approximate surface area is 211 Å². The van der Waals surface area contributed by atoms with Gasteiger partial charge in [-0.05, 0) is 42.0 Å². The second kappa shape index (κ2) is 10.1. The standard InChI is InChI=1S/C27H24FN5O4/c1-36-22-12-11-19(15-23(22)37-2)29-25(34)14-13-24-30-31-27-32(16-17-7-9-18(28)10-8-17)26(35)20-5-3-4-6-21(20)33(24)27/h3-12,15H,13-14,16H2,1-2H3,(H,29,34). The number of carbonyl (C=O) groups is 1. The Kier molecular flexibility index (Phi) is 6.55. The molecule has 0 unspecified atom stereocenters. The SMILES string of the molecule is COc1ccc(NC(=O)CCc2nnc3n(Cc4ccc(F)cc4)c(=O)c4ccccc4n23)cc1OC. The van der Waals surface area contributed by atoms with Gasteiger partial charge in [0.1, 0.15) is 11.6 Å². The number of hydrogen-bond donors (Lipinski definition) is 1. The van der Waals surface area contributed by atoms with Crippen LogP contribution in [-0.4, -0.2) is 39.3 Å². The maximum absolute atomic E-state index is 13.4. The van der Waals surface area contributed by atoms with Crippen molar-refractivity contribution in [2.24, 2.45) is 0 Å². The second-order valence-corrected chi connectivity index (χ2v) is 8.40. The van der Waals surface area contributed by atoms with Crippen LogP contribution in [0.25, 0.3) is 16.7 Å². The van der Waals surface area contributed by atoms with E-state index in [-0.39, 0.29) is 30.2 Å². The van der Waals surface area contributed by atoms with Crippen molar-refractivity contribution in [2.45, 2.75) is 19.4 Å². The van der Waals surface area contributed by atoms with Crippen LogP contribution in [0.1, 0.15) is 17.8 Å². The van der Waals surface area contributed by atoms with E-state index in [1.54, 1.807) is 54.0 Å². The molecule has 5 rings (SSSR count). The number of nitrogens with one attached hydrogen (secondary N) is 1. The lowest BCUT2D eigenvalue weighted by Crippen LogP contribution is -2.24. The van der Waals surface area contributed by atoms with Crippen LogP contribution < -0.4 is 20.3 Å². The van der Waals surface area contributed by atoms with Crippen molar-refractivity contribution in [3.05, 3.63) is 94.3 Å². The molecule has 10 heteroatoms. The Morgan fingerprint density at radius 3 is 2.49 bits per heavy atom. The first-order valence-electron chi connectivity index (χ1n) is 11.6. The summed E-state index contributed by atoms with van der Waals surface area (Å²) in [4.78, 5) is 26.0. The van der Waals surface area contributed by atoms with Gasteiger partial charge in [-0.2, -0.15) is 0 Å². The lowest BCUT2D eigenvalue weighted by Gasteiger charge is -2.12. The van der Waals surface area contributed by atoms with Gasteiger partial charge in [-0.15, -0.1) is 10.2 Å². The van der Waals surface area contributed by atoms with E-state index in [2.05, 4.69) is 15.5 Å². The minimum atomic E-state index is -0.351. The molecule has 37 heavy (non-hydrogen) atoms. The minimum Gasteiger partial charge on any atom is -0.493 e. The summed E-state index contributed by atoms with van der Waals surface area (Å²) >= 11 is 0. The predicted octanol–water partition coefficient (Wildman–Crippen LogP) is 3.82. The fourth-order valence-electron chi connectivity index (χ4n) is 4.25. The number of para-hydroxylation sites is 1. The average molecular weight is 502 g/mol.